The van der Waals surface area contributed by atoms with Crippen molar-refractivity contribution in [3.63, 3.8) is 0 Å². The van der Waals surface area contributed by atoms with Crippen molar-refractivity contribution in [2.75, 3.05) is 7.11 Å². The van der Waals surface area contributed by atoms with Gasteiger partial charge in [-0.05, 0) is 36.4 Å². The van der Waals surface area contributed by atoms with Crippen molar-refractivity contribution in [3.8, 4) is 17.1 Å². The molecular weight excluding hydrogens is 448 g/mol. The summed E-state index contributed by atoms with van der Waals surface area (Å²) in [5.74, 6) is -2.31. The van der Waals surface area contributed by atoms with Gasteiger partial charge < -0.3 is 13.3 Å². The zero-order valence-electron chi connectivity index (χ0n) is 15.5. The fourth-order valence-corrected chi connectivity index (χ4v) is 3.21. The standard InChI is InChI=1S/C19H12F4O7S/c1-28-17(25)7-11-6-16-13(8-15(11)30-31(26,27)19(21,22)23)14(9-24)18(29-16)10-2-4-12(20)5-3-10/h2-6,8-9H,7H2,1H3. The Morgan fingerprint density at radius 3 is 2.35 bits per heavy atom. The molecule has 3 aromatic rings. The van der Waals surface area contributed by atoms with E-state index in [4.69, 9.17) is 4.42 Å². The number of hydrogen-bond acceptors (Lipinski definition) is 7. The molecule has 0 saturated heterocycles. The fourth-order valence-electron chi connectivity index (χ4n) is 2.73. The Hall–Kier alpha value is -3.41. The third-order valence-electron chi connectivity index (χ3n) is 4.18. The largest absolute Gasteiger partial charge is 0.534 e. The molecule has 1 heterocycles. The second-order valence-corrected chi connectivity index (χ2v) is 7.70. The van der Waals surface area contributed by atoms with Gasteiger partial charge in [0, 0.05) is 16.5 Å². The number of aldehydes is 1. The number of esters is 1. The second-order valence-electron chi connectivity index (χ2n) is 6.16. The van der Waals surface area contributed by atoms with E-state index in [1.807, 2.05) is 0 Å². The van der Waals surface area contributed by atoms with Crippen LogP contribution in [0.15, 0.2) is 40.8 Å². The summed E-state index contributed by atoms with van der Waals surface area (Å²) < 4.78 is 88.8. The topological polar surface area (TPSA) is 99.9 Å². The van der Waals surface area contributed by atoms with E-state index < -0.39 is 39.6 Å². The van der Waals surface area contributed by atoms with Crippen LogP contribution in [0.4, 0.5) is 17.6 Å². The molecule has 0 radical (unpaired) electrons. The number of ether oxygens (including phenoxy) is 1. The number of methoxy groups -OCH3 is 1. The van der Waals surface area contributed by atoms with Crippen LogP contribution in [0.2, 0.25) is 0 Å². The maximum Gasteiger partial charge on any atom is 0.534 e. The Balaban J connectivity index is 2.23. The molecule has 1 aromatic heterocycles. The van der Waals surface area contributed by atoms with Crippen molar-refractivity contribution in [3.05, 3.63) is 53.3 Å². The highest BCUT2D eigenvalue weighted by atomic mass is 32.2. The van der Waals surface area contributed by atoms with E-state index in [2.05, 4.69) is 8.92 Å². The number of benzene rings is 2. The molecule has 0 aliphatic rings. The van der Waals surface area contributed by atoms with Crippen LogP contribution >= 0.6 is 0 Å². The van der Waals surface area contributed by atoms with Crippen LogP contribution in [-0.2, 0) is 26.1 Å². The predicted molar refractivity (Wildman–Crippen MR) is 98.3 cm³/mol. The number of alkyl halides is 3. The van der Waals surface area contributed by atoms with Crippen molar-refractivity contribution < 1.29 is 48.9 Å². The molecule has 3 rings (SSSR count). The molecule has 164 valence electrons. The van der Waals surface area contributed by atoms with Gasteiger partial charge in [-0.15, -0.1) is 0 Å². The Morgan fingerprint density at radius 2 is 1.81 bits per heavy atom. The van der Waals surface area contributed by atoms with Crippen LogP contribution in [0, 0.1) is 5.82 Å². The maximum absolute atomic E-state index is 13.2. The van der Waals surface area contributed by atoms with Gasteiger partial charge in [-0.3, -0.25) is 9.59 Å². The molecule has 31 heavy (non-hydrogen) atoms. The normalized spacial score (nSPS) is 12.0. The lowest BCUT2D eigenvalue weighted by atomic mass is 10.0. The van der Waals surface area contributed by atoms with Crippen molar-refractivity contribution in [2.24, 2.45) is 0 Å². The molecule has 0 amide bonds. The van der Waals surface area contributed by atoms with E-state index in [1.165, 1.54) is 12.1 Å². The summed E-state index contributed by atoms with van der Waals surface area (Å²) in [6, 6.07) is 6.72. The molecule has 7 nitrogen and oxygen atoms in total. The molecule has 0 N–H and O–H groups in total. The van der Waals surface area contributed by atoms with Crippen LogP contribution < -0.4 is 4.18 Å². The number of rotatable bonds is 6. The van der Waals surface area contributed by atoms with E-state index in [0.29, 0.717) is 6.29 Å². The summed E-state index contributed by atoms with van der Waals surface area (Å²) in [6.07, 6.45) is -0.301. The molecular formula is C19H12F4O7S. The van der Waals surface area contributed by atoms with E-state index in [-0.39, 0.29) is 33.4 Å². The van der Waals surface area contributed by atoms with E-state index in [1.54, 1.807) is 0 Å². The zero-order valence-corrected chi connectivity index (χ0v) is 16.3. The molecule has 0 atom stereocenters. The van der Waals surface area contributed by atoms with E-state index in [9.17, 15) is 35.6 Å². The lowest BCUT2D eigenvalue weighted by Gasteiger charge is -2.12. The summed E-state index contributed by atoms with van der Waals surface area (Å²) in [5.41, 5.74) is -5.92. The smallest absolute Gasteiger partial charge is 0.469 e. The van der Waals surface area contributed by atoms with Crippen LogP contribution in [0.3, 0.4) is 0 Å². The monoisotopic (exact) mass is 460 g/mol. The zero-order chi connectivity index (χ0) is 23.0. The molecule has 0 unspecified atom stereocenters. The summed E-state index contributed by atoms with van der Waals surface area (Å²) in [7, 11) is -5.04. The number of carbonyl (C=O) groups excluding carboxylic acids is 2. The summed E-state index contributed by atoms with van der Waals surface area (Å²) in [5, 5.41) is -0.0738. The third kappa shape index (κ3) is 4.38. The fraction of sp³-hybridized carbons (Fsp3) is 0.158. The van der Waals surface area contributed by atoms with Crippen LogP contribution in [0.5, 0.6) is 5.75 Å². The highest BCUT2D eigenvalue weighted by molar-refractivity contribution is 7.88. The van der Waals surface area contributed by atoms with Crippen molar-refractivity contribution in [1.29, 1.82) is 0 Å². The molecule has 2 aromatic carbocycles. The van der Waals surface area contributed by atoms with Crippen LogP contribution in [0.25, 0.3) is 22.3 Å². The highest BCUT2D eigenvalue weighted by Gasteiger charge is 2.49. The second kappa shape index (κ2) is 8.02. The van der Waals surface area contributed by atoms with Gasteiger partial charge in [0.15, 0.2) is 6.29 Å². The summed E-state index contributed by atoms with van der Waals surface area (Å²) in [6.45, 7) is 0. The van der Waals surface area contributed by atoms with Gasteiger partial charge >= 0.3 is 21.6 Å². The third-order valence-corrected chi connectivity index (χ3v) is 5.15. The first kappa shape index (κ1) is 22.3. The molecule has 0 fully saturated rings. The first-order valence-electron chi connectivity index (χ1n) is 8.35. The first-order chi connectivity index (χ1) is 14.5. The molecule has 0 aliphatic heterocycles. The van der Waals surface area contributed by atoms with E-state index in [0.717, 1.165) is 31.4 Å². The van der Waals surface area contributed by atoms with Gasteiger partial charge in [0.1, 0.15) is 22.9 Å². The molecule has 0 spiro atoms. The van der Waals surface area contributed by atoms with Crippen molar-refractivity contribution in [2.45, 2.75) is 11.9 Å². The van der Waals surface area contributed by atoms with Gasteiger partial charge in [-0.2, -0.15) is 21.6 Å². The molecule has 0 bridgehead atoms. The van der Waals surface area contributed by atoms with Gasteiger partial charge in [0.25, 0.3) is 0 Å². The molecule has 0 saturated carbocycles. The lowest BCUT2D eigenvalue weighted by Crippen LogP contribution is -2.28. The average molecular weight is 460 g/mol. The van der Waals surface area contributed by atoms with Gasteiger partial charge in [-0.1, -0.05) is 0 Å². The minimum atomic E-state index is -6.07. The van der Waals surface area contributed by atoms with Crippen molar-refractivity contribution in [1.82, 2.24) is 0 Å². The predicted octanol–water partition coefficient (Wildman–Crippen LogP) is 4.00. The first-order valence-corrected chi connectivity index (χ1v) is 9.75. The average Bonchev–Trinajstić information content (AvgIpc) is 3.04. The Morgan fingerprint density at radius 1 is 1.16 bits per heavy atom. The lowest BCUT2D eigenvalue weighted by molar-refractivity contribution is -0.139. The SMILES string of the molecule is COC(=O)Cc1cc2oc(-c3ccc(F)cc3)c(C=O)c2cc1OS(=O)(=O)C(F)(F)F. The highest BCUT2D eigenvalue weighted by Crippen LogP contribution is 2.38. The summed E-state index contributed by atoms with van der Waals surface area (Å²) >= 11 is 0. The number of halogens is 4. The van der Waals surface area contributed by atoms with Crippen LogP contribution in [-0.4, -0.2) is 33.3 Å². The Kier molecular flexibility index (Phi) is 5.77. The molecule has 0 aliphatic carbocycles. The maximum atomic E-state index is 13.2. The van der Waals surface area contributed by atoms with Crippen molar-refractivity contribution >= 4 is 33.3 Å². The van der Waals surface area contributed by atoms with Gasteiger partial charge in [-0.25, -0.2) is 4.39 Å². The Bertz CT molecular complexity index is 1260. The van der Waals surface area contributed by atoms with Gasteiger partial charge in [0.05, 0.1) is 19.1 Å². The number of carbonyl (C=O) groups is 2. The quantitative estimate of drug-likeness (QED) is 0.180. The van der Waals surface area contributed by atoms with Gasteiger partial charge in [0.2, 0.25) is 0 Å². The number of furan rings is 1. The molecule has 12 heteroatoms. The Labute approximate surface area is 172 Å². The summed E-state index contributed by atoms with van der Waals surface area (Å²) in [4.78, 5) is 23.3. The van der Waals surface area contributed by atoms with E-state index >= 15 is 0 Å². The van der Waals surface area contributed by atoms with Crippen LogP contribution in [0.1, 0.15) is 15.9 Å². The number of hydrogen-bond donors (Lipinski definition) is 0. The number of fused-ring (bicyclic) bond motifs is 1. The minimum Gasteiger partial charge on any atom is -0.469 e. The minimum absolute atomic E-state index is 0.0372.